The summed E-state index contributed by atoms with van der Waals surface area (Å²) < 4.78 is 5.77. The van der Waals surface area contributed by atoms with Crippen molar-refractivity contribution in [3.05, 3.63) is 60.2 Å². The van der Waals surface area contributed by atoms with Gasteiger partial charge in [-0.3, -0.25) is 4.79 Å². The Kier molecular flexibility index (Phi) is 5.56. The monoisotopic (exact) mass is 340 g/mol. The summed E-state index contributed by atoms with van der Waals surface area (Å²) >= 11 is 0. The van der Waals surface area contributed by atoms with Gasteiger partial charge in [-0.15, -0.1) is 0 Å². The fourth-order valence-corrected chi connectivity index (χ4v) is 3.05. The maximum atomic E-state index is 12.6. The number of ether oxygens (including phenoxy) is 1. The summed E-state index contributed by atoms with van der Waals surface area (Å²) in [5.74, 6) is 0.609. The van der Waals surface area contributed by atoms with Crippen LogP contribution in [0.4, 0.5) is 5.69 Å². The van der Waals surface area contributed by atoms with Gasteiger partial charge >= 0.3 is 0 Å². The summed E-state index contributed by atoms with van der Waals surface area (Å²) in [7, 11) is 0. The lowest BCUT2D eigenvalue weighted by atomic mass is 10.2. The number of piperazine rings is 1. The largest absolute Gasteiger partial charge is 0.481 e. The molecule has 0 aliphatic carbocycles. The molecule has 0 radical (unpaired) electrons. The molecule has 1 saturated heterocycles. The first-order chi connectivity index (χ1) is 12.2. The van der Waals surface area contributed by atoms with Crippen LogP contribution in [0.1, 0.15) is 12.5 Å². The highest BCUT2D eigenvalue weighted by molar-refractivity contribution is 5.81. The first-order valence-electron chi connectivity index (χ1n) is 8.62. The number of amides is 1. The molecule has 3 rings (SSSR count). The Bertz CT molecular complexity index is 697. The maximum Gasteiger partial charge on any atom is 0.263 e. The maximum absolute atomic E-state index is 12.6. The van der Waals surface area contributed by atoms with Gasteiger partial charge in [0.2, 0.25) is 0 Å². The molecule has 0 saturated carbocycles. The average Bonchev–Trinajstić information content (AvgIpc) is 2.68. The van der Waals surface area contributed by atoms with Gasteiger partial charge < -0.3 is 19.6 Å². The molecule has 1 aliphatic heterocycles. The minimum absolute atomic E-state index is 0.00196. The molecule has 5 heteroatoms. The lowest BCUT2D eigenvalue weighted by Gasteiger charge is -2.37. The van der Waals surface area contributed by atoms with Crippen molar-refractivity contribution in [2.75, 3.05) is 31.1 Å². The molecule has 132 valence electrons. The van der Waals surface area contributed by atoms with E-state index in [0.29, 0.717) is 18.8 Å². The van der Waals surface area contributed by atoms with Crippen LogP contribution in [-0.2, 0) is 11.4 Å². The Labute approximate surface area is 148 Å². The first kappa shape index (κ1) is 17.3. The zero-order chi connectivity index (χ0) is 17.6. The van der Waals surface area contributed by atoms with Crippen LogP contribution in [0.2, 0.25) is 0 Å². The van der Waals surface area contributed by atoms with E-state index >= 15 is 0 Å². The Hall–Kier alpha value is -2.53. The number of nitrogens with zero attached hydrogens (tertiary/aromatic N) is 2. The van der Waals surface area contributed by atoms with Gasteiger partial charge in [0.1, 0.15) is 5.75 Å². The number of hydrogen-bond donors (Lipinski definition) is 1. The van der Waals surface area contributed by atoms with E-state index in [2.05, 4.69) is 17.0 Å². The molecular weight excluding hydrogens is 316 g/mol. The molecule has 2 aromatic rings. The zero-order valence-electron chi connectivity index (χ0n) is 14.5. The molecule has 1 aliphatic rings. The topological polar surface area (TPSA) is 53.0 Å². The second-order valence-electron chi connectivity index (χ2n) is 6.21. The van der Waals surface area contributed by atoms with Crippen LogP contribution in [0, 0.1) is 0 Å². The van der Waals surface area contributed by atoms with Gasteiger partial charge in [-0.25, -0.2) is 0 Å². The smallest absolute Gasteiger partial charge is 0.263 e. The average molecular weight is 340 g/mol. The molecule has 0 spiro atoms. The Balaban J connectivity index is 1.54. The van der Waals surface area contributed by atoms with E-state index in [1.165, 1.54) is 5.69 Å². The molecule has 1 heterocycles. The lowest BCUT2D eigenvalue weighted by Crippen LogP contribution is -2.52. The highest BCUT2D eigenvalue weighted by atomic mass is 16.5. The minimum atomic E-state index is -0.544. The highest BCUT2D eigenvalue weighted by Crippen LogP contribution is 2.18. The van der Waals surface area contributed by atoms with Crippen molar-refractivity contribution in [2.45, 2.75) is 19.6 Å². The van der Waals surface area contributed by atoms with Crippen LogP contribution in [0.3, 0.4) is 0 Å². The number of aliphatic hydroxyl groups excluding tert-OH is 1. The second-order valence-corrected chi connectivity index (χ2v) is 6.21. The van der Waals surface area contributed by atoms with Gasteiger partial charge in [0.15, 0.2) is 6.10 Å². The molecule has 1 fully saturated rings. The molecule has 0 bridgehead atoms. The van der Waals surface area contributed by atoms with E-state index in [0.717, 1.165) is 18.7 Å². The molecule has 2 aromatic carbocycles. The predicted octanol–water partition coefficient (Wildman–Crippen LogP) is 2.30. The van der Waals surface area contributed by atoms with Crippen LogP contribution in [0.15, 0.2) is 54.6 Å². The van der Waals surface area contributed by atoms with Crippen molar-refractivity contribution in [3.63, 3.8) is 0 Å². The van der Waals surface area contributed by atoms with Crippen molar-refractivity contribution >= 4 is 11.6 Å². The summed E-state index contributed by atoms with van der Waals surface area (Å²) in [6, 6.07) is 17.5. The quantitative estimate of drug-likeness (QED) is 0.907. The van der Waals surface area contributed by atoms with Crippen molar-refractivity contribution in [2.24, 2.45) is 0 Å². The van der Waals surface area contributed by atoms with Gasteiger partial charge in [0.25, 0.3) is 5.91 Å². The van der Waals surface area contributed by atoms with E-state index in [4.69, 9.17) is 4.74 Å². The number of carbonyl (C=O) groups is 1. The fraction of sp³-hybridized carbons (Fsp3) is 0.350. The zero-order valence-corrected chi connectivity index (χ0v) is 14.5. The lowest BCUT2D eigenvalue weighted by molar-refractivity contribution is -0.138. The van der Waals surface area contributed by atoms with Crippen LogP contribution in [0.25, 0.3) is 0 Å². The summed E-state index contributed by atoms with van der Waals surface area (Å²) in [6.45, 7) is 4.76. The van der Waals surface area contributed by atoms with Gasteiger partial charge in [0, 0.05) is 31.9 Å². The predicted molar refractivity (Wildman–Crippen MR) is 97.7 cm³/mol. The summed E-state index contributed by atoms with van der Waals surface area (Å²) in [5.41, 5.74) is 1.97. The van der Waals surface area contributed by atoms with E-state index in [-0.39, 0.29) is 12.5 Å². The van der Waals surface area contributed by atoms with Crippen molar-refractivity contribution in [3.8, 4) is 5.75 Å². The summed E-state index contributed by atoms with van der Waals surface area (Å²) in [6.07, 6.45) is -0.544. The normalized spacial score (nSPS) is 15.8. The molecular formula is C20H24N2O3. The standard InChI is InChI=1S/C20H24N2O3/c1-16(25-19-9-5-6-17(14-19)15-23)20(24)22-12-10-21(11-13-22)18-7-3-2-4-8-18/h2-9,14,16,23H,10-13,15H2,1H3. The Morgan fingerprint density at radius 3 is 2.48 bits per heavy atom. The number of carbonyl (C=O) groups excluding carboxylic acids is 1. The Morgan fingerprint density at radius 2 is 1.80 bits per heavy atom. The van der Waals surface area contributed by atoms with E-state index in [1.807, 2.05) is 35.2 Å². The number of aliphatic hydroxyl groups is 1. The van der Waals surface area contributed by atoms with Gasteiger partial charge in [0.05, 0.1) is 6.61 Å². The Morgan fingerprint density at radius 1 is 1.08 bits per heavy atom. The second kappa shape index (κ2) is 8.03. The van der Waals surface area contributed by atoms with E-state index in [1.54, 1.807) is 19.1 Å². The molecule has 1 atom stereocenters. The molecule has 5 nitrogen and oxygen atoms in total. The number of anilines is 1. The molecule has 25 heavy (non-hydrogen) atoms. The van der Waals surface area contributed by atoms with Crippen LogP contribution < -0.4 is 9.64 Å². The van der Waals surface area contributed by atoms with Crippen LogP contribution in [-0.4, -0.2) is 48.2 Å². The van der Waals surface area contributed by atoms with Gasteiger partial charge in [-0.2, -0.15) is 0 Å². The molecule has 1 amide bonds. The highest BCUT2D eigenvalue weighted by Gasteiger charge is 2.26. The SMILES string of the molecule is CC(Oc1cccc(CO)c1)C(=O)N1CCN(c2ccccc2)CC1. The van der Waals surface area contributed by atoms with E-state index in [9.17, 15) is 9.90 Å². The molecule has 1 N–H and O–H groups in total. The third-order valence-corrected chi connectivity index (χ3v) is 4.45. The third kappa shape index (κ3) is 4.31. The summed E-state index contributed by atoms with van der Waals surface area (Å²) in [5, 5.41) is 9.19. The fourth-order valence-electron chi connectivity index (χ4n) is 3.05. The first-order valence-corrected chi connectivity index (χ1v) is 8.62. The third-order valence-electron chi connectivity index (χ3n) is 4.45. The minimum Gasteiger partial charge on any atom is -0.481 e. The molecule has 0 aromatic heterocycles. The number of benzene rings is 2. The number of rotatable bonds is 5. The molecule has 1 unspecified atom stereocenters. The van der Waals surface area contributed by atoms with Crippen molar-refractivity contribution in [1.82, 2.24) is 4.90 Å². The van der Waals surface area contributed by atoms with Crippen molar-refractivity contribution < 1.29 is 14.6 Å². The summed E-state index contributed by atoms with van der Waals surface area (Å²) in [4.78, 5) is 16.8. The van der Waals surface area contributed by atoms with Crippen LogP contribution >= 0.6 is 0 Å². The number of hydrogen-bond acceptors (Lipinski definition) is 4. The van der Waals surface area contributed by atoms with E-state index < -0.39 is 6.10 Å². The number of para-hydroxylation sites is 1. The van der Waals surface area contributed by atoms with Crippen molar-refractivity contribution in [1.29, 1.82) is 0 Å². The van der Waals surface area contributed by atoms with Crippen LogP contribution in [0.5, 0.6) is 5.75 Å². The van der Waals surface area contributed by atoms with Gasteiger partial charge in [-0.1, -0.05) is 30.3 Å². The van der Waals surface area contributed by atoms with Gasteiger partial charge in [-0.05, 0) is 36.8 Å².